The van der Waals surface area contributed by atoms with Crippen molar-refractivity contribution < 1.29 is 9.90 Å². The van der Waals surface area contributed by atoms with Gasteiger partial charge < -0.3 is 9.90 Å². The molecule has 0 bridgehead atoms. The van der Waals surface area contributed by atoms with E-state index in [9.17, 15) is 9.90 Å². The van der Waals surface area contributed by atoms with Crippen molar-refractivity contribution >= 4 is 5.78 Å². The van der Waals surface area contributed by atoms with Crippen LogP contribution in [0.3, 0.4) is 0 Å². The number of carbonyl (C=O) groups excluding carboxylic acids is 1. The van der Waals surface area contributed by atoms with Crippen LogP contribution in [0.4, 0.5) is 0 Å². The lowest BCUT2D eigenvalue weighted by molar-refractivity contribution is -0.117. The van der Waals surface area contributed by atoms with Gasteiger partial charge >= 0.3 is 0 Å². The van der Waals surface area contributed by atoms with E-state index in [1.807, 2.05) is 0 Å². The summed E-state index contributed by atoms with van der Waals surface area (Å²) in [6.07, 6.45) is 7.90. The molecule has 0 aromatic heterocycles. The highest BCUT2D eigenvalue weighted by molar-refractivity contribution is 5.75. The van der Waals surface area contributed by atoms with Crippen molar-refractivity contribution in [3.8, 4) is 0 Å². The molecule has 0 spiro atoms. The van der Waals surface area contributed by atoms with Crippen molar-refractivity contribution in [2.24, 2.45) is 0 Å². The number of aliphatic hydroxyl groups is 1. The van der Waals surface area contributed by atoms with Crippen molar-refractivity contribution in [3.63, 3.8) is 0 Å². The Hall–Kier alpha value is -0.370. The highest BCUT2D eigenvalue weighted by Gasteiger charge is 2.04. The smallest absolute Gasteiger partial charge is 0.129 e. The van der Waals surface area contributed by atoms with Gasteiger partial charge in [-0.25, -0.2) is 0 Å². The number of carbonyl (C=O) groups is 1. The average Bonchev–Trinajstić information content (AvgIpc) is 2.14. The normalized spacial score (nSPS) is 12.8. The quantitative estimate of drug-likeness (QED) is 0.581. The Morgan fingerprint density at radius 2 is 1.79 bits per heavy atom. The maximum absolute atomic E-state index is 10.7. The van der Waals surface area contributed by atoms with Crippen LogP contribution in [0.5, 0.6) is 0 Å². The van der Waals surface area contributed by atoms with E-state index in [1.165, 1.54) is 25.7 Å². The SMILES string of the molecule is CCCCCCCC(O)CCC(C)=O. The molecule has 1 unspecified atom stereocenters. The average molecular weight is 200 g/mol. The molecule has 1 atom stereocenters. The Balaban J connectivity index is 3.18. The molecule has 1 N–H and O–H groups in total. The summed E-state index contributed by atoms with van der Waals surface area (Å²) in [7, 11) is 0. The summed E-state index contributed by atoms with van der Waals surface area (Å²) in [4.78, 5) is 10.7. The minimum atomic E-state index is -0.263. The Labute approximate surface area is 87.7 Å². The van der Waals surface area contributed by atoms with E-state index < -0.39 is 0 Å². The molecule has 84 valence electrons. The molecule has 0 amide bonds. The summed E-state index contributed by atoms with van der Waals surface area (Å²) in [6, 6.07) is 0. The van der Waals surface area contributed by atoms with Crippen LogP contribution in [-0.2, 0) is 4.79 Å². The Morgan fingerprint density at radius 1 is 1.14 bits per heavy atom. The molecule has 0 aromatic carbocycles. The van der Waals surface area contributed by atoms with Gasteiger partial charge in [0.2, 0.25) is 0 Å². The molecule has 0 aliphatic carbocycles. The predicted octanol–water partition coefficient (Wildman–Crippen LogP) is 3.08. The molecular formula is C12H24O2. The third kappa shape index (κ3) is 9.72. The number of unbranched alkanes of at least 4 members (excludes halogenated alkanes) is 4. The molecule has 0 aliphatic heterocycles. The highest BCUT2D eigenvalue weighted by atomic mass is 16.3. The van der Waals surface area contributed by atoms with E-state index in [4.69, 9.17) is 0 Å². The third-order valence-corrected chi connectivity index (χ3v) is 2.47. The molecule has 0 radical (unpaired) electrons. The molecular weight excluding hydrogens is 176 g/mol. The summed E-state index contributed by atoms with van der Waals surface area (Å²) in [5.74, 6) is 0.176. The molecule has 0 aliphatic rings. The molecule has 0 fully saturated rings. The fourth-order valence-electron chi connectivity index (χ4n) is 1.50. The van der Waals surface area contributed by atoms with Crippen molar-refractivity contribution in [3.05, 3.63) is 0 Å². The maximum Gasteiger partial charge on any atom is 0.129 e. The van der Waals surface area contributed by atoms with Crippen LogP contribution in [0.25, 0.3) is 0 Å². The first-order valence-corrected chi connectivity index (χ1v) is 5.84. The van der Waals surface area contributed by atoms with Gasteiger partial charge in [0.25, 0.3) is 0 Å². The first-order chi connectivity index (χ1) is 6.66. The Morgan fingerprint density at radius 3 is 2.36 bits per heavy atom. The van der Waals surface area contributed by atoms with Gasteiger partial charge in [-0.3, -0.25) is 0 Å². The second kappa shape index (κ2) is 9.20. The van der Waals surface area contributed by atoms with Crippen LogP contribution in [0.1, 0.15) is 65.2 Å². The minimum absolute atomic E-state index is 0.176. The van der Waals surface area contributed by atoms with E-state index in [-0.39, 0.29) is 11.9 Å². The topological polar surface area (TPSA) is 37.3 Å². The lowest BCUT2D eigenvalue weighted by atomic mass is 10.0. The van der Waals surface area contributed by atoms with Gasteiger partial charge in [-0.15, -0.1) is 0 Å². The number of hydrogen-bond acceptors (Lipinski definition) is 2. The van der Waals surface area contributed by atoms with E-state index in [2.05, 4.69) is 6.92 Å². The largest absolute Gasteiger partial charge is 0.393 e. The maximum atomic E-state index is 10.7. The summed E-state index contributed by atoms with van der Waals surface area (Å²) in [5.41, 5.74) is 0. The Bertz CT molecular complexity index is 143. The van der Waals surface area contributed by atoms with Crippen molar-refractivity contribution in [2.75, 3.05) is 0 Å². The molecule has 0 saturated carbocycles. The zero-order valence-corrected chi connectivity index (χ0v) is 9.59. The van der Waals surface area contributed by atoms with Gasteiger partial charge in [-0.05, 0) is 19.8 Å². The molecule has 0 aromatic rings. The van der Waals surface area contributed by atoms with Crippen molar-refractivity contribution in [1.82, 2.24) is 0 Å². The number of Topliss-reactive ketones (excluding diaryl/α,β-unsaturated/α-hetero) is 1. The monoisotopic (exact) mass is 200 g/mol. The molecule has 0 saturated heterocycles. The molecule has 2 heteroatoms. The van der Waals surface area contributed by atoms with Crippen LogP contribution in [0.2, 0.25) is 0 Å². The van der Waals surface area contributed by atoms with Crippen molar-refractivity contribution in [2.45, 2.75) is 71.3 Å². The number of hydrogen-bond donors (Lipinski definition) is 1. The minimum Gasteiger partial charge on any atom is -0.393 e. The molecule has 14 heavy (non-hydrogen) atoms. The van der Waals surface area contributed by atoms with Crippen LogP contribution in [-0.4, -0.2) is 17.0 Å². The predicted molar refractivity (Wildman–Crippen MR) is 59.3 cm³/mol. The Kier molecular flexibility index (Phi) is 8.95. The van der Waals surface area contributed by atoms with Gasteiger partial charge in [-0.2, -0.15) is 0 Å². The molecule has 2 nitrogen and oxygen atoms in total. The number of aliphatic hydroxyl groups excluding tert-OH is 1. The highest BCUT2D eigenvalue weighted by Crippen LogP contribution is 2.10. The van der Waals surface area contributed by atoms with Crippen LogP contribution in [0, 0.1) is 0 Å². The first kappa shape index (κ1) is 13.6. The van der Waals surface area contributed by atoms with Gasteiger partial charge in [0, 0.05) is 6.42 Å². The van der Waals surface area contributed by atoms with E-state index in [1.54, 1.807) is 6.92 Å². The number of ketones is 1. The van der Waals surface area contributed by atoms with Crippen LogP contribution in [0.15, 0.2) is 0 Å². The van der Waals surface area contributed by atoms with Crippen molar-refractivity contribution in [1.29, 1.82) is 0 Å². The fraction of sp³-hybridized carbons (Fsp3) is 0.917. The van der Waals surface area contributed by atoms with Crippen LogP contribution < -0.4 is 0 Å². The van der Waals surface area contributed by atoms with Gasteiger partial charge in [0.05, 0.1) is 6.10 Å². The zero-order valence-electron chi connectivity index (χ0n) is 9.59. The summed E-state index contributed by atoms with van der Waals surface area (Å²) < 4.78 is 0. The van der Waals surface area contributed by atoms with Gasteiger partial charge in [-0.1, -0.05) is 39.0 Å². The third-order valence-electron chi connectivity index (χ3n) is 2.47. The summed E-state index contributed by atoms with van der Waals surface area (Å²) in [6.45, 7) is 3.77. The first-order valence-electron chi connectivity index (χ1n) is 5.84. The van der Waals surface area contributed by atoms with E-state index in [0.717, 1.165) is 12.8 Å². The van der Waals surface area contributed by atoms with E-state index in [0.29, 0.717) is 12.8 Å². The second-order valence-corrected chi connectivity index (χ2v) is 4.10. The number of rotatable bonds is 9. The summed E-state index contributed by atoms with van der Waals surface area (Å²) in [5, 5.41) is 9.50. The second-order valence-electron chi connectivity index (χ2n) is 4.10. The summed E-state index contributed by atoms with van der Waals surface area (Å²) >= 11 is 0. The zero-order chi connectivity index (χ0) is 10.8. The van der Waals surface area contributed by atoms with E-state index >= 15 is 0 Å². The lowest BCUT2D eigenvalue weighted by Crippen LogP contribution is -2.08. The van der Waals surface area contributed by atoms with Gasteiger partial charge in [0.15, 0.2) is 0 Å². The standard InChI is InChI=1S/C12H24O2/c1-3-4-5-6-7-8-12(14)10-9-11(2)13/h12,14H,3-10H2,1-2H3. The van der Waals surface area contributed by atoms with Gasteiger partial charge in [0.1, 0.15) is 5.78 Å². The lowest BCUT2D eigenvalue weighted by Gasteiger charge is -2.08. The molecule has 0 rings (SSSR count). The van der Waals surface area contributed by atoms with Crippen LogP contribution >= 0.6 is 0 Å². The fourth-order valence-corrected chi connectivity index (χ4v) is 1.50. The molecule has 0 heterocycles.